The molecule has 0 radical (unpaired) electrons. The topological polar surface area (TPSA) is 72.9 Å². The molecule has 1 aromatic rings. The van der Waals surface area contributed by atoms with Gasteiger partial charge in [-0.05, 0) is 25.7 Å². The standard InChI is InChI=1S/C14H24N4O/c1-3-18-9-8-16-12(13(18)19)17-14(10-15)7-5-4-6-11(14)2/h8-9,11H,3-7,10,15H2,1-2H3,(H,16,17). The summed E-state index contributed by atoms with van der Waals surface area (Å²) in [5, 5.41) is 3.37. The first kappa shape index (κ1) is 14.1. The normalized spacial score (nSPS) is 27.2. The average Bonchev–Trinajstić information content (AvgIpc) is 2.44. The average molecular weight is 264 g/mol. The van der Waals surface area contributed by atoms with Gasteiger partial charge < -0.3 is 15.6 Å². The Kier molecular flexibility index (Phi) is 4.24. The monoisotopic (exact) mass is 264 g/mol. The minimum atomic E-state index is -0.183. The first-order valence-corrected chi connectivity index (χ1v) is 7.16. The highest BCUT2D eigenvalue weighted by atomic mass is 16.1. The summed E-state index contributed by atoms with van der Waals surface area (Å²) in [5.74, 6) is 0.895. The maximum absolute atomic E-state index is 12.2. The molecule has 0 bridgehead atoms. The van der Waals surface area contributed by atoms with Crippen molar-refractivity contribution < 1.29 is 0 Å². The highest BCUT2D eigenvalue weighted by Crippen LogP contribution is 2.34. The zero-order chi connectivity index (χ0) is 13.9. The molecule has 0 aromatic carbocycles. The summed E-state index contributed by atoms with van der Waals surface area (Å²) in [4.78, 5) is 16.4. The van der Waals surface area contributed by atoms with Gasteiger partial charge in [0.1, 0.15) is 0 Å². The third kappa shape index (κ3) is 2.66. The van der Waals surface area contributed by atoms with E-state index in [0.717, 1.165) is 19.3 Å². The van der Waals surface area contributed by atoms with E-state index in [1.807, 2.05) is 6.92 Å². The Morgan fingerprint density at radius 1 is 1.58 bits per heavy atom. The second-order valence-corrected chi connectivity index (χ2v) is 5.50. The lowest BCUT2D eigenvalue weighted by molar-refractivity contribution is 0.234. The molecule has 1 saturated carbocycles. The van der Waals surface area contributed by atoms with Crippen LogP contribution in [0.1, 0.15) is 39.5 Å². The van der Waals surface area contributed by atoms with Crippen molar-refractivity contribution in [2.45, 2.75) is 51.6 Å². The van der Waals surface area contributed by atoms with Gasteiger partial charge in [0.05, 0.1) is 5.54 Å². The minimum absolute atomic E-state index is 0.0596. The van der Waals surface area contributed by atoms with Crippen LogP contribution in [0.15, 0.2) is 17.2 Å². The van der Waals surface area contributed by atoms with Crippen LogP contribution >= 0.6 is 0 Å². The largest absolute Gasteiger partial charge is 0.358 e. The molecule has 0 aliphatic heterocycles. The predicted molar refractivity (Wildman–Crippen MR) is 77.2 cm³/mol. The maximum Gasteiger partial charge on any atom is 0.293 e. The molecular formula is C14H24N4O. The SMILES string of the molecule is CCn1ccnc(NC2(CN)CCCCC2C)c1=O. The Balaban J connectivity index is 2.30. The van der Waals surface area contributed by atoms with Crippen LogP contribution in [0, 0.1) is 5.92 Å². The molecule has 1 heterocycles. The van der Waals surface area contributed by atoms with Gasteiger partial charge in [0.2, 0.25) is 0 Å². The Morgan fingerprint density at radius 2 is 2.37 bits per heavy atom. The Morgan fingerprint density at radius 3 is 3.00 bits per heavy atom. The molecule has 1 aliphatic rings. The Hall–Kier alpha value is -1.36. The van der Waals surface area contributed by atoms with Gasteiger partial charge in [-0.25, -0.2) is 4.98 Å². The van der Waals surface area contributed by atoms with Gasteiger partial charge in [-0.15, -0.1) is 0 Å². The Bertz CT molecular complexity index is 485. The van der Waals surface area contributed by atoms with E-state index >= 15 is 0 Å². The molecule has 5 nitrogen and oxygen atoms in total. The molecule has 106 valence electrons. The van der Waals surface area contributed by atoms with Crippen LogP contribution in [0.3, 0.4) is 0 Å². The van der Waals surface area contributed by atoms with Gasteiger partial charge in [-0.1, -0.05) is 19.8 Å². The van der Waals surface area contributed by atoms with Crippen molar-refractivity contribution in [1.82, 2.24) is 9.55 Å². The second kappa shape index (κ2) is 5.74. The third-order valence-corrected chi connectivity index (χ3v) is 4.44. The number of anilines is 1. The van der Waals surface area contributed by atoms with E-state index in [0.29, 0.717) is 24.8 Å². The highest BCUT2D eigenvalue weighted by Gasteiger charge is 2.37. The van der Waals surface area contributed by atoms with E-state index in [-0.39, 0.29) is 11.1 Å². The van der Waals surface area contributed by atoms with Gasteiger partial charge in [-0.3, -0.25) is 4.79 Å². The summed E-state index contributed by atoms with van der Waals surface area (Å²) >= 11 is 0. The van der Waals surface area contributed by atoms with Crippen molar-refractivity contribution in [3.05, 3.63) is 22.7 Å². The first-order valence-electron chi connectivity index (χ1n) is 7.16. The summed E-state index contributed by atoms with van der Waals surface area (Å²) in [7, 11) is 0. The summed E-state index contributed by atoms with van der Waals surface area (Å²) in [6.45, 7) is 5.35. The van der Waals surface area contributed by atoms with E-state index in [2.05, 4.69) is 17.2 Å². The minimum Gasteiger partial charge on any atom is -0.358 e. The molecule has 5 heteroatoms. The lowest BCUT2D eigenvalue weighted by Crippen LogP contribution is -2.53. The number of hydrogen-bond donors (Lipinski definition) is 2. The van der Waals surface area contributed by atoms with E-state index in [1.165, 1.54) is 6.42 Å². The van der Waals surface area contributed by atoms with Crippen LogP contribution < -0.4 is 16.6 Å². The maximum atomic E-state index is 12.2. The van der Waals surface area contributed by atoms with Crippen LogP contribution in [0.5, 0.6) is 0 Å². The lowest BCUT2D eigenvalue weighted by Gasteiger charge is -2.42. The van der Waals surface area contributed by atoms with Crippen LogP contribution in [0.2, 0.25) is 0 Å². The molecule has 19 heavy (non-hydrogen) atoms. The number of nitrogens with one attached hydrogen (secondary N) is 1. The molecule has 1 aliphatic carbocycles. The Labute approximate surface area is 114 Å². The van der Waals surface area contributed by atoms with Crippen molar-refractivity contribution >= 4 is 5.82 Å². The zero-order valence-corrected chi connectivity index (χ0v) is 11.9. The third-order valence-electron chi connectivity index (χ3n) is 4.44. The number of nitrogens with zero attached hydrogens (tertiary/aromatic N) is 2. The van der Waals surface area contributed by atoms with Crippen LogP contribution in [-0.2, 0) is 6.54 Å². The number of aromatic nitrogens is 2. The lowest BCUT2D eigenvalue weighted by atomic mass is 9.73. The van der Waals surface area contributed by atoms with Crippen molar-refractivity contribution in [3.8, 4) is 0 Å². The number of rotatable bonds is 4. The summed E-state index contributed by atoms with van der Waals surface area (Å²) in [5.41, 5.74) is 5.76. The molecule has 3 N–H and O–H groups in total. The van der Waals surface area contributed by atoms with Gasteiger partial charge >= 0.3 is 0 Å². The van der Waals surface area contributed by atoms with Crippen LogP contribution in [0.25, 0.3) is 0 Å². The smallest absolute Gasteiger partial charge is 0.293 e. The molecule has 2 rings (SSSR count). The summed E-state index contributed by atoms with van der Waals surface area (Å²) in [6, 6.07) is 0. The molecule has 0 saturated heterocycles. The number of hydrogen-bond acceptors (Lipinski definition) is 4. The van der Waals surface area contributed by atoms with Gasteiger partial charge in [0, 0.05) is 25.5 Å². The van der Waals surface area contributed by atoms with Gasteiger partial charge in [0.25, 0.3) is 5.56 Å². The predicted octanol–water partition coefficient (Wildman–Crippen LogP) is 1.58. The van der Waals surface area contributed by atoms with E-state index in [1.54, 1.807) is 17.0 Å². The van der Waals surface area contributed by atoms with Crippen LogP contribution in [-0.4, -0.2) is 21.6 Å². The fraction of sp³-hybridized carbons (Fsp3) is 0.714. The van der Waals surface area contributed by atoms with Gasteiger partial charge in [0.15, 0.2) is 5.82 Å². The van der Waals surface area contributed by atoms with Crippen molar-refractivity contribution in [1.29, 1.82) is 0 Å². The molecule has 2 atom stereocenters. The zero-order valence-electron chi connectivity index (χ0n) is 11.9. The fourth-order valence-electron chi connectivity index (χ4n) is 2.97. The summed E-state index contributed by atoms with van der Waals surface area (Å²) < 4.78 is 1.66. The van der Waals surface area contributed by atoms with Crippen molar-refractivity contribution in [3.63, 3.8) is 0 Å². The van der Waals surface area contributed by atoms with E-state index < -0.39 is 0 Å². The molecule has 0 spiro atoms. The van der Waals surface area contributed by atoms with E-state index in [9.17, 15) is 4.79 Å². The highest BCUT2D eigenvalue weighted by molar-refractivity contribution is 5.36. The molecule has 0 amide bonds. The van der Waals surface area contributed by atoms with Crippen molar-refractivity contribution in [2.75, 3.05) is 11.9 Å². The van der Waals surface area contributed by atoms with Crippen LogP contribution in [0.4, 0.5) is 5.82 Å². The quantitative estimate of drug-likeness (QED) is 0.866. The van der Waals surface area contributed by atoms with E-state index in [4.69, 9.17) is 5.73 Å². The fourth-order valence-corrected chi connectivity index (χ4v) is 2.97. The molecule has 1 aromatic heterocycles. The first-order chi connectivity index (χ1) is 9.13. The molecular weight excluding hydrogens is 240 g/mol. The van der Waals surface area contributed by atoms with Crippen molar-refractivity contribution in [2.24, 2.45) is 11.7 Å². The molecule has 1 fully saturated rings. The number of nitrogens with two attached hydrogens (primary N) is 1. The molecule has 2 unspecified atom stereocenters. The number of aryl methyl sites for hydroxylation is 1. The summed E-state index contributed by atoms with van der Waals surface area (Å²) in [6.07, 6.45) is 7.94. The second-order valence-electron chi connectivity index (χ2n) is 5.50. The van der Waals surface area contributed by atoms with Gasteiger partial charge in [-0.2, -0.15) is 0 Å².